The summed E-state index contributed by atoms with van der Waals surface area (Å²) >= 11 is 1.79. The van der Waals surface area contributed by atoms with Crippen LogP contribution in [-0.2, 0) is 6.54 Å². The predicted molar refractivity (Wildman–Crippen MR) is 87.7 cm³/mol. The van der Waals surface area contributed by atoms with E-state index in [1.165, 1.54) is 15.6 Å². The Morgan fingerprint density at radius 1 is 1.20 bits per heavy atom. The van der Waals surface area contributed by atoms with Gasteiger partial charge in [0, 0.05) is 31.5 Å². The number of benzene rings is 1. The molecule has 4 heteroatoms. The van der Waals surface area contributed by atoms with E-state index < -0.39 is 0 Å². The van der Waals surface area contributed by atoms with E-state index in [2.05, 4.69) is 44.8 Å². The van der Waals surface area contributed by atoms with Crippen LogP contribution in [0.2, 0.25) is 0 Å². The van der Waals surface area contributed by atoms with Gasteiger partial charge < -0.3 is 10.2 Å². The van der Waals surface area contributed by atoms with Crippen molar-refractivity contribution >= 4 is 32.8 Å². The molecule has 0 radical (unpaired) electrons. The number of hydrogen-bond donors (Lipinski definition) is 1. The van der Waals surface area contributed by atoms with Crippen molar-refractivity contribution in [3.63, 3.8) is 0 Å². The summed E-state index contributed by atoms with van der Waals surface area (Å²) in [5.74, 6) is 0. The number of rotatable bonds is 4. The maximum atomic E-state index is 4.20. The number of thiophene rings is 1. The van der Waals surface area contributed by atoms with Gasteiger partial charge in [-0.1, -0.05) is 18.2 Å². The summed E-state index contributed by atoms with van der Waals surface area (Å²) in [7, 11) is 4.08. The lowest BCUT2D eigenvalue weighted by molar-refractivity contribution is 1.09. The summed E-state index contributed by atoms with van der Waals surface area (Å²) in [6.45, 7) is 0.816. The van der Waals surface area contributed by atoms with E-state index in [0.29, 0.717) is 0 Å². The summed E-state index contributed by atoms with van der Waals surface area (Å²) in [6.07, 6.45) is 3.70. The van der Waals surface area contributed by atoms with Crippen LogP contribution in [0.5, 0.6) is 0 Å². The number of anilines is 2. The van der Waals surface area contributed by atoms with Gasteiger partial charge in [0.15, 0.2) is 0 Å². The number of pyridine rings is 1. The fraction of sp³-hybridized carbons (Fsp3) is 0.188. The molecule has 20 heavy (non-hydrogen) atoms. The van der Waals surface area contributed by atoms with Crippen molar-refractivity contribution in [2.45, 2.75) is 6.54 Å². The smallest absolute Gasteiger partial charge is 0.0766 e. The lowest BCUT2D eigenvalue weighted by Crippen LogP contribution is -2.12. The van der Waals surface area contributed by atoms with Gasteiger partial charge in [0.25, 0.3) is 0 Å². The zero-order valence-corrected chi connectivity index (χ0v) is 12.4. The first-order valence-electron chi connectivity index (χ1n) is 6.56. The minimum absolute atomic E-state index is 0.816. The third-order valence-corrected chi connectivity index (χ3v) is 4.32. The lowest BCUT2D eigenvalue weighted by atomic mass is 10.2. The predicted octanol–water partition coefficient (Wildman–Crippen LogP) is 3.97. The molecule has 0 aliphatic rings. The Labute approximate surface area is 122 Å². The molecule has 0 aliphatic carbocycles. The van der Waals surface area contributed by atoms with Crippen molar-refractivity contribution in [3.05, 3.63) is 53.7 Å². The van der Waals surface area contributed by atoms with Crippen LogP contribution in [-0.4, -0.2) is 19.1 Å². The molecule has 0 saturated heterocycles. The van der Waals surface area contributed by atoms with E-state index in [4.69, 9.17) is 0 Å². The van der Waals surface area contributed by atoms with Crippen molar-refractivity contribution in [1.82, 2.24) is 4.98 Å². The Morgan fingerprint density at radius 2 is 2.05 bits per heavy atom. The van der Waals surface area contributed by atoms with Crippen LogP contribution >= 0.6 is 11.3 Å². The summed E-state index contributed by atoms with van der Waals surface area (Å²) < 4.78 is 1.34. The van der Waals surface area contributed by atoms with Crippen LogP contribution in [0, 0.1) is 0 Å². The quantitative estimate of drug-likeness (QED) is 0.785. The molecule has 3 aromatic rings. The van der Waals surface area contributed by atoms with Crippen molar-refractivity contribution in [3.8, 4) is 0 Å². The normalized spacial score (nSPS) is 10.7. The van der Waals surface area contributed by atoms with Crippen LogP contribution in [0.25, 0.3) is 10.1 Å². The Hall–Kier alpha value is -2.07. The molecule has 0 spiro atoms. The largest absolute Gasteiger partial charge is 0.378 e. The summed E-state index contributed by atoms with van der Waals surface area (Å²) in [6, 6.07) is 10.5. The molecule has 0 atom stereocenters. The average Bonchev–Trinajstić information content (AvgIpc) is 2.88. The van der Waals surface area contributed by atoms with Gasteiger partial charge in [0.2, 0.25) is 0 Å². The maximum Gasteiger partial charge on any atom is 0.0766 e. The van der Waals surface area contributed by atoms with Crippen LogP contribution < -0.4 is 10.2 Å². The van der Waals surface area contributed by atoms with Crippen LogP contribution in [0.4, 0.5) is 11.4 Å². The van der Waals surface area contributed by atoms with E-state index in [-0.39, 0.29) is 0 Å². The SMILES string of the molecule is CN(C)c1ccncc1NCc1csc2ccccc12. The number of nitrogens with one attached hydrogen (secondary N) is 1. The molecule has 2 heterocycles. The van der Waals surface area contributed by atoms with Gasteiger partial charge in [0.1, 0.15) is 0 Å². The van der Waals surface area contributed by atoms with Crippen molar-refractivity contribution < 1.29 is 0 Å². The molecule has 102 valence electrons. The third-order valence-electron chi connectivity index (χ3n) is 3.31. The first-order chi connectivity index (χ1) is 9.75. The minimum atomic E-state index is 0.816. The van der Waals surface area contributed by atoms with Crippen LogP contribution in [0.15, 0.2) is 48.1 Å². The summed E-state index contributed by atoms with van der Waals surface area (Å²) in [5.41, 5.74) is 3.55. The molecule has 1 aromatic carbocycles. The molecular weight excluding hydrogens is 266 g/mol. The Bertz CT molecular complexity index is 718. The van der Waals surface area contributed by atoms with Crippen molar-refractivity contribution in [2.75, 3.05) is 24.3 Å². The highest BCUT2D eigenvalue weighted by Gasteiger charge is 2.06. The minimum Gasteiger partial charge on any atom is -0.378 e. The van der Waals surface area contributed by atoms with Gasteiger partial charge in [0.05, 0.1) is 17.6 Å². The topological polar surface area (TPSA) is 28.2 Å². The number of nitrogens with zero attached hydrogens (tertiary/aromatic N) is 2. The number of hydrogen-bond acceptors (Lipinski definition) is 4. The standard InChI is InChI=1S/C16H17N3S/c1-19(2)15-7-8-17-10-14(15)18-9-12-11-20-16-6-4-3-5-13(12)16/h3-8,10-11,18H,9H2,1-2H3. The van der Waals surface area contributed by atoms with Crippen LogP contribution in [0.3, 0.4) is 0 Å². The van der Waals surface area contributed by atoms with Gasteiger partial charge in [-0.3, -0.25) is 4.98 Å². The van der Waals surface area contributed by atoms with Crippen LogP contribution in [0.1, 0.15) is 5.56 Å². The molecule has 0 aliphatic heterocycles. The zero-order chi connectivity index (χ0) is 13.9. The molecule has 0 fully saturated rings. The Kier molecular flexibility index (Phi) is 3.56. The molecule has 2 aromatic heterocycles. The fourth-order valence-electron chi connectivity index (χ4n) is 2.27. The van der Waals surface area contributed by atoms with Gasteiger partial charge in [-0.05, 0) is 28.5 Å². The van der Waals surface area contributed by atoms with E-state index in [1.54, 1.807) is 11.3 Å². The molecule has 0 unspecified atom stereocenters. The second-order valence-corrected chi connectivity index (χ2v) is 5.81. The van der Waals surface area contributed by atoms with Gasteiger partial charge in [-0.25, -0.2) is 0 Å². The first kappa shape index (κ1) is 12.9. The van der Waals surface area contributed by atoms with Crippen molar-refractivity contribution in [1.29, 1.82) is 0 Å². The fourth-order valence-corrected chi connectivity index (χ4v) is 3.24. The summed E-state index contributed by atoms with van der Waals surface area (Å²) in [5, 5.41) is 7.05. The average molecular weight is 283 g/mol. The second-order valence-electron chi connectivity index (χ2n) is 4.90. The second kappa shape index (κ2) is 5.51. The van der Waals surface area contributed by atoms with E-state index >= 15 is 0 Å². The van der Waals surface area contributed by atoms with E-state index in [0.717, 1.165) is 17.9 Å². The first-order valence-corrected chi connectivity index (χ1v) is 7.44. The monoisotopic (exact) mass is 283 g/mol. The maximum absolute atomic E-state index is 4.20. The van der Waals surface area contributed by atoms with Gasteiger partial charge in [-0.2, -0.15) is 0 Å². The molecule has 0 amide bonds. The van der Waals surface area contributed by atoms with Crippen molar-refractivity contribution in [2.24, 2.45) is 0 Å². The number of aromatic nitrogens is 1. The van der Waals surface area contributed by atoms with Gasteiger partial charge >= 0.3 is 0 Å². The van der Waals surface area contributed by atoms with E-state index in [1.807, 2.05) is 32.6 Å². The summed E-state index contributed by atoms with van der Waals surface area (Å²) in [4.78, 5) is 6.30. The third kappa shape index (κ3) is 2.47. The molecule has 3 nitrogen and oxygen atoms in total. The molecule has 0 bridgehead atoms. The highest BCUT2D eigenvalue weighted by molar-refractivity contribution is 7.17. The highest BCUT2D eigenvalue weighted by Crippen LogP contribution is 2.28. The lowest BCUT2D eigenvalue weighted by Gasteiger charge is -2.17. The Balaban J connectivity index is 1.83. The van der Waals surface area contributed by atoms with E-state index in [9.17, 15) is 0 Å². The zero-order valence-electron chi connectivity index (χ0n) is 11.6. The molecule has 3 rings (SSSR count). The Morgan fingerprint density at radius 3 is 2.90 bits per heavy atom. The molecular formula is C16H17N3S. The molecule has 1 N–H and O–H groups in total. The molecule has 0 saturated carbocycles. The number of fused-ring (bicyclic) bond motifs is 1. The highest BCUT2D eigenvalue weighted by atomic mass is 32.1. The van der Waals surface area contributed by atoms with Gasteiger partial charge in [-0.15, -0.1) is 11.3 Å².